The third-order valence-electron chi connectivity index (χ3n) is 4.25. The monoisotopic (exact) mass is 381 g/mol. The lowest BCUT2D eigenvalue weighted by Gasteiger charge is -2.05. The van der Waals surface area contributed by atoms with Crippen molar-refractivity contribution in [2.75, 3.05) is 6.54 Å². The molecule has 4 aromatic rings. The third kappa shape index (κ3) is 3.48. The van der Waals surface area contributed by atoms with Gasteiger partial charge in [0.15, 0.2) is 12.7 Å². The molecule has 0 aliphatic carbocycles. The van der Waals surface area contributed by atoms with Gasteiger partial charge in [0.1, 0.15) is 0 Å². The highest BCUT2D eigenvalue weighted by Gasteiger charge is 2.15. The summed E-state index contributed by atoms with van der Waals surface area (Å²) in [5.74, 6) is 0.389. The lowest BCUT2D eigenvalue weighted by molar-refractivity contribution is -0.726. The Morgan fingerprint density at radius 1 is 1.33 bits per heavy atom. The number of hydrogen-bond donors (Lipinski definition) is 2. The predicted octanol–water partition coefficient (Wildman–Crippen LogP) is 2.66. The average molecular weight is 381 g/mol. The Labute approximate surface area is 160 Å². The Hall–Kier alpha value is -3.00. The first-order chi connectivity index (χ1) is 13.0. The highest BCUT2D eigenvalue weighted by Crippen LogP contribution is 2.29. The number of amides is 1. The maximum atomic E-state index is 12.3. The summed E-state index contributed by atoms with van der Waals surface area (Å²) in [4.78, 5) is 17.6. The number of aromatic nitrogens is 5. The van der Waals surface area contributed by atoms with Crippen LogP contribution >= 0.6 is 11.3 Å². The zero-order chi connectivity index (χ0) is 19.0. The van der Waals surface area contributed by atoms with Gasteiger partial charge in [-0.3, -0.25) is 4.79 Å². The van der Waals surface area contributed by atoms with E-state index in [4.69, 9.17) is 0 Å². The van der Waals surface area contributed by atoms with Crippen molar-refractivity contribution >= 4 is 22.9 Å². The van der Waals surface area contributed by atoms with Crippen molar-refractivity contribution in [3.63, 3.8) is 0 Å². The Morgan fingerprint density at radius 3 is 2.93 bits per heavy atom. The van der Waals surface area contributed by atoms with Crippen LogP contribution in [0.5, 0.6) is 0 Å². The summed E-state index contributed by atoms with van der Waals surface area (Å²) >= 11 is 1.44. The minimum absolute atomic E-state index is 0.0352. The van der Waals surface area contributed by atoms with Crippen LogP contribution in [-0.4, -0.2) is 32.1 Å². The molecule has 0 bridgehead atoms. The smallest absolute Gasteiger partial charge is 0.261 e. The number of H-pyrrole nitrogens is 1. The SMILES string of the molecule is CC(C)CNC(=O)c1cc(-c2cnn3cc(-c4c[nH][n+](C)c4)cnc23)cs1. The molecule has 4 rings (SSSR count). The molecule has 0 aromatic carbocycles. The lowest BCUT2D eigenvalue weighted by atomic mass is 10.1. The molecule has 0 aliphatic heterocycles. The van der Waals surface area contributed by atoms with Gasteiger partial charge in [0.05, 0.1) is 22.8 Å². The molecule has 0 spiro atoms. The Bertz CT molecular complexity index is 1110. The molecule has 0 saturated heterocycles. The molecular weight excluding hydrogens is 360 g/mol. The maximum Gasteiger partial charge on any atom is 0.261 e. The molecule has 8 heteroatoms. The van der Waals surface area contributed by atoms with Crippen LogP contribution in [0.4, 0.5) is 0 Å². The molecule has 7 nitrogen and oxygen atoms in total. The summed E-state index contributed by atoms with van der Waals surface area (Å²) in [6, 6.07) is 1.90. The van der Waals surface area contributed by atoms with Gasteiger partial charge in [-0.15, -0.1) is 16.0 Å². The van der Waals surface area contributed by atoms with Crippen molar-refractivity contribution in [1.29, 1.82) is 0 Å². The molecule has 4 heterocycles. The van der Waals surface area contributed by atoms with E-state index in [0.717, 1.165) is 27.9 Å². The van der Waals surface area contributed by atoms with Crippen LogP contribution in [0.3, 0.4) is 0 Å². The molecule has 0 fully saturated rings. The number of thiophene rings is 1. The van der Waals surface area contributed by atoms with Gasteiger partial charge in [0.2, 0.25) is 6.20 Å². The molecule has 27 heavy (non-hydrogen) atoms. The Morgan fingerprint density at radius 2 is 2.19 bits per heavy atom. The molecule has 1 amide bonds. The minimum atomic E-state index is -0.0352. The predicted molar refractivity (Wildman–Crippen MR) is 104 cm³/mol. The first-order valence-electron chi connectivity index (χ1n) is 8.76. The van der Waals surface area contributed by atoms with Crippen LogP contribution in [-0.2, 0) is 7.05 Å². The minimum Gasteiger partial charge on any atom is -0.351 e. The normalized spacial score (nSPS) is 11.4. The van der Waals surface area contributed by atoms with Crippen LogP contribution in [0.2, 0.25) is 0 Å². The fourth-order valence-corrected chi connectivity index (χ4v) is 3.64. The van der Waals surface area contributed by atoms with Gasteiger partial charge in [0, 0.05) is 30.1 Å². The fourth-order valence-electron chi connectivity index (χ4n) is 2.82. The van der Waals surface area contributed by atoms with Crippen molar-refractivity contribution in [3.05, 3.63) is 47.3 Å². The van der Waals surface area contributed by atoms with Crippen molar-refractivity contribution in [2.24, 2.45) is 13.0 Å². The number of nitrogens with zero attached hydrogens (tertiary/aromatic N) is 4. The number of carbonyl (C=O) groups is 1. The van der Waals surface area contributed by atoms with Crippen molar-refractivity contribution in [2.45, 2.75) is 13.8 Å². The molecule has 0 atom stereocenters. The van der Waals surface area contributed by atoms with Crippen LogP contribution in [0.1, 0.15) is 23.5 Å². The number of rotatable bonds is 5. The van der Waals surface area contributed by atoms with E-state index in [1.54, 1.807) is 10.7 Å². The first kappa shape index (κ1) is 17.4. The van der Waals surface area contributed by atoms with Gasteiger partial charge in [-0.2, -0.15) is 10.2 Å². The highest BCUT2D eigenvalue weighted by molar-refractivity contribution is 7.12. The number of aryl methyl sites for hydroxylation is 1. The summed E-state index contributed by atoms with van der Waals surface area (Å²) in [6.07, 6.45) is 9.51. The van der Waals surface area contributed by atoms with Gasteiger partial charge < -0.3 is 5.32 Å². The largest absolute Gasteiger partial charge is 0.351 e. The molecule has 0 radical (unpaired) electrons. The van der Waals surface area contributed by atoms with Gasteiger partial charge in [0.25, 0.3) is 5.91 Å². The number of nitrogens with one attached hydrogen (secondary N) is 2. The second kappa shape index (κ2) is 6.96. The van der Waals surface area contributed by atoms with Gasteiger partial charge in [-0.05, 0) is 22.9 Å². The van der Waals surface area contributed by atoms with E-state index in [1.165, 1.54) is 11.3 Å². The van der Waals surface area contributed by atoms with Gasteiger partial charge >= 0.3 is 0 Å². The molecule has 138 valence electrons. The zero-order valence-electron chi connectivity index (χ0n) is 15.4. The molecule has 2 N–H and O–H groups in total. The summed E-state index contributed by atoms with van der Waals surface area (Å²) in [6.45, 7) is 4.82. The molecular formula is C19H21N6OS+. The van der Waals surface area contributed by atoms with E-state index in [-0.39, 0.29) is 5.91 Å². The quantitative estimate of drug-likeness (QED) is 0.522. The van der Waals surface area contributed by atoms with E-state index < -0.39 is 0 Å². The third-order valence-corrected chi connectivity index (χ3v) is 5.18. The second-order valence-corrected chi connectivity index (χ2v) is 7.85. The number of carbonyl (C=O) groups excluding carboxylic acids is 1. The highest BCUT2D eigenvalue weighted by atomic mass is 32.1. The van der Waals surface area contributed by atoms with Crippen molar-refractivity contribution in [3.8, 4) is 22.3 Å². The lowest BCUT2D eigenvalue weighted by Crippen LogP contribution is -2.27. The summed E-state index contributed by atoms with van der Waals surface area (Å²) in [5.41, 5.74) is 4.67. The van der Waals surface area contributed by atoms with E-state index >= 15 is 0 Å². The second-order valence-electron chi connectivity index (χ2n) is 6.94. The standard InChI is InChI=1S/C19H20N6OS/c1-12(2)5-21-19(26)17-4-13(11-27-17)16-8-23-25-10-14(6-20-18(16)25)15-7-22-24(3)9-15/h4,6-12H,5H2,1-3H3,(H,21,26)/p+1. The van der Waals surface area contributed by atoms with Crippen LogP contribution in [0.25, 0.3) is 27.9 Å². The first-order valence-corrected chi connectivity index (χ1v) is 9.64. The molecule has 4 aromatic heterocycles. The van der Waals surface area contributed by atoms with E-state index in [0.29, 0.717) is 17.3 Å². The number of fused-ring (bicyclic) bond motifs is 1. The van der Waals surface area contributed by atoms with E-state index in [1.807, 2.05) is 48.0 Å². The van der Waals surface area contributed by atoms with Crippen molar-refractivity contribution in [1.82, 2.24) is 25.0 Å². The fraction of sp³-hybridized carbons (Fsp3) is 0.263. The Kier molecular flexibility index (Phi) is 4.49. The molecule has 0 unspecified atom stereocenters. The van der Waals surface area contributed by atoms with Gasteiger partial charge in [-0.1, -0.05) is 13.8 Å². The van der Waals surface area contributed by atoms with Crippen LogP contribution in [0, 0.1) is 5.92 Å². The molecule has 0 saturated carbocycles. The van der Waals surface area contributed by atoms with E-state index in [9.17, 15) is 4.79 Å². The number of hydrogen-bond acceptors (Lipinski definition) is 4. The topological polar surface area (TPSA) is 79.0 Å². The molecule has 0 aliphatic rings. The maximum absolute atomic E-state index is 12.3. The average Bonchev–Trinajstić information content (AvgIpc) is 3.37. The van der Waals surface area contributed by atoms with Crippen LogP contribution in [0.15, 0.2) is 42.4 Å². The van der Waals surface area contributed by atoms with Crippen LogP contribution < -0.4 is 10.00 Å². The summed E-state index contributed by atoms with van der Waals surface area (Å²) in [7, 11) is 1.94. The van der Waals surface area contributed by atoms with Gasteiger partial charge in [-0.25, -0.2) is 9.50 Å². The Balaban J connectivity index is 1.62. The van der Waals surface area contributed by atoms with E-state index in [2.05, 4.69) is 34.3 Å². The number of aromatic amines is 1. The zero-order valence-corrected chi connectivity index (χ0v) is 16.2. The van der Waals surface area contributed by atoms with Crippen molar-refractivity contribution < 1.29 is 9.48 Å². The summed E-state index contributed by atoms with van der Waals surface area (Å²) in [5, 5.41) is 12.5. The summed E-state index contributed by atoms with van der Waals surface area (Å²) < 4.78 is 3.65.